The van der Waals surface area contributed by atoms with E-state index in [0.29, 0.717) is 10.8 Å². The van der Waals surface area contributed by atoms with Gasteiger partial charge in [-0.25, -0.2) is 9.59 Å². The molecule has 11 rings (SSSR count). The topological polar surface area (TPSA) is 347 Å². The number of ether oxygens (including phenoxy) is 8. The van der Waals surface area contributed by atoms with Crippen molar-refractivity contribution in [2.45, 2.75) is 123 Å². The second-order valence-corrected chi connectivity index (χ2v) is 19.7. The Morgan fingerprint density at radius 3 is 1.28 bits per heavy atom. The first-order valence-electron chi connectivity index (χ1n) is 25.1. The van der Waals surface area contributed by atoms with Gasteiger partial charge in [-0.05, 0) is 91.6 Å². The molecule has 0 aliphatic carbocycles. The minimum atomic E-state index is -2.08. The van der Waals surface area contributed by atoms with Crippen LogP contribution >= 0.6 is 0 Å². The number of aliphatic hydroxyl groups is 10. The molecule has 0 unspecified atom stereocenters. The van der Waals surface area contributed by atoms with Crippen molar-refractivity contribution in [1.82, 2.24) is 0 Å². The van der Waals surface area contributed by atoms with Crippen molar-refractivity contribution in [2.75, 3.05) is 26.4 Å². The molecule has 8 bridgehead atoms. The molecule has 10 N–H and O–H groups in total. The van der Waals surface area contributed by atoms with Gasteiger partial charge in [0.2, 0.25) is 0 Å². The van der Waals surface area contributed by atoms with Crippen molar-refractivity contribution in [3.63, 3.8) is 0 Å². The molecule has 6 aromatic carbocycles. The molecule has 0 radical (unpaired) electrons. The zero-order chi connectivity index (χ0) is 54.5. The van der Waals surface area contributed by atoms with E-state index in [2.05, 4.69) is 0 Å². The van der Waals surface area contributed by atoms with E-state index in [-0.39, 0.29) is 11.1 Å². The van der Waals surface area contributed by atoms with Gasteiger partial charge in [0.25, 0.3) is 0 Å². The molecule has 0 amide bonds. The smallest absolute Gasteiger partial charge is 0.373 e. The van der Waals surface area contributed by atoms with Gasteiger partial charge < -0.3 is 89.0 Å². The number of fused-ring (bicyclic) bond motifs is 12. The Bertz CT molecular complexity index is 3110. The van der Waals surface area contributed by atoms with Crippen molar-refractivity contribution < 1.29 is 118 Å². The predicted octanol–water partition coefficient (Wildman–Crippen LogP) is -0.498. The largest absolute Gasteiger partial charge is 0.394 e. The fraction of sp³-hybridized carbons (Fsp3) is 0.444. The Morgan fingerprint density at radius 2 is 0.808 bits per heavy atom. The lowest BCUT2D eigenvalue weighted by Gasteiger charge is -2.48. The van der Waals surface area contributed by atoms with E-state index in [1.807, 2.05) is 72.8 Å². The molecule has 5 aliphatic rings. The van der Waals surface area contributed by atoms with Gasteiger partial charge in [0.15, 0.2) is 37.4 Å². The van der Waals surface area contributed by atoms with Crippen LogP contribution in [-0.2, 0) is 57.4 Å². The maximum atomic E-state index is 14.0. The lowest BCUT2D eigenvalue weighted by Crippen LogP contribution is -2.67. The highest BCUT2D eigenvalue weighted by Crippen LogP contribution is 2.36. The van der Waals surface area contributed by atoms with Gasteiger partial charge in [0, 0.05) is 0 Å². The molecule has 5 saturated heterocycles. The van der Waals surface area contributed by atoms with E-state index < -0.39 is 161 Å². The second-order valence-electron chi connectivity index (χ2n) is 19.7. The van der Waals surface area contributed by atoms with Gasteiger partial charge in [-0.3, -0.25) is 9.78 Å². The van der Waals surface area contributed by atoms with Gasteiger partial charge in [0.05, 0.1) is 37.6 Å². The molecule has 5 fully saturated rings. The summed E-state index contributed by atoms with van der Waals surface area (Å²) in [5.41, 5.74) is -0.0198. The number of aliphatic hydroxyl groups excluding tert-OH is 10. The van der Waals surface area contributed by atoms with E-state index in [1.54, 1.807) is 24.3 Å². The highest BCUT2D eigenvalue weighted by molar-refractivity contribution is 6.02. The normalized spacial score (nSPS) is 36.6. The number of carbonyl (C=O) groups excluding carboxylic acids is 2. The van der Waals surface area contributed by atoms with Crippen molar-refractivity contribution in [3.05, 3.63) is 120 Å². The lowest BCUT2D eigenvalue weighted by molar-refractivity contribution is -0.437. The summed E-state index contributed by atoms with van der Waals surface area (Å²) in [6.07, 6.45) is -37.8. The van der Waals surface area contributed by atoms with Crippen LogP contribution in [-0.4, -0.2) is 212 Å². The zero-order valence-corrected chi connectivity index (χ0v) is 41.0. The second kappa shape index (κ2) is 22.9. The Kier molecular flexibility index (Phi) is 16.0. The van der Waals surface area contributed by atoms with E-state index >= 15 is 0 Å². The van der Waals surface area contributed by atoms with E-state index in [9.17, 15) is 60.7 Å². The molecular formula is C54H56O24. The summed E-state index contributed by atoms with van der Waals surface area (Å²) >= 11 is 0. The number of carbonyl (C=O) groups is 2. The standard InChI is InChI=1S/C54H56O24/c55-19-33-38(58)45-43(63)51(69-33)68-22-36-40(60)47(75-77-49(65)29-11-9-27-13-23-5-1-3-7-25(23)15-31(27)17-29)48(76-78-50(66)30-12-10-28-14-24-6-2-4-8-26(24)16-32(28)18-30)54(72-36)74-46-39(59)34(20-56)70-52(44(46)64)67-21-35-37(57)41(61)42(62)53(71-35)73-45/h1-18,33-48,51-64H,19-22H2/t33-,34-,35-,36-,37-,38-,39-,40-,41+,42-,43-,44-,45+,46+,47+,48-,51+,52+,53-,54-/m1/s1. The van der Waals surface area contributed by atoms with E-state index in [0.717, 1.165) is 32.3 Å². The highest BCUT2D eigenvalue weighted by atomic mass is 17.2. The maximum absolute atomic E-state index is 14.0. The lowest BCUT2D eigenvalue weighted by atomic mass is 9.96. The van der Waals surface area contributed by atoms with Crippen LogP contribution in [0, 0.1) is 0 Å². The van der Waals surface area contributed by atoms with Gasteiger partial charge in [-0.2, -0.15) is 9.78 Å². The number of rotatable bonds is 8. The molecule has 6 aromatic rings. The predicted molar refractivity (Wildman–Crippen MR) is 262 cm³/mol. The van der Waals surface area contributed by atoms with Crippen molar-refractivity contribution in [1.29, 1.82) is 0 Å². The monoisotopic (exact) mass is 1090 g/mol. The van der Waals surface area contributed by atoms with Crippen LogP contribution in [0.2, 0.25) is 0 Å². The maximum Gasteiger partial charge on any atom is 0.373 e. The van der Waals surface area contributed by atoms with Crippen LogP contribution in [0.3, 0.4) is 0 Å². The molecule has 20 atom stereocenters. The fourth-order valence-corrected chi connectivity index (χ4v) is 10.3. The molecule has 24 heteroatoms. The first-order chi connectivity index (χ1) is 37.7. The first-order valence-corrected chi connectivity index (χ1v) is 25.1. The Hall–Kier alpha value is -5.50. The third kappa shape index (κ3) is 10.7. The zero-order valence-electron chi connectivity index (χ0n) is 41.0. The Balaban J connectivity index is 0.942. The summed E-state index contributed by atoms with van der Waals surface area (Å²) in [5, 5.41) is 118. The average molecular weight is 1090 g/mol. The molecule has 5 heterocycles. The van der Waals surface area contributed by atoms with Gasteiger partial charge in [-0.1, -0.05) is 60.7 Å². The van der Waals surface area contributed by atoms with E-state index in [1.165, 1.54) is 12.1 Å². The highest BCUT2D eigenvalue weighted by Gasteiger charge is 2.57. The number of benzene rings is 6. The SMILES string of the molecule is O=C(OO[C@H]1[C@H]2O[C@@H]3[C@@H](O)[C@@H](OC[C@H]4O[C@H](O[C@@H]5[C@@H](O)[C@@H](OC[C@@H](O2)[C@@H](O)[C@@H]1OOC(=O)c1ccc2cc6ccccc6cc2c1)O[C@H](CO)[C@H]5O)[C@H](O)[C@@H](O)[C@@H]4O)O[C@H](CO)[C@H]3O)c1ccc2cc3ccccc3cc2c1. The number of hydrogen-bond donors (Lipinski definition) is 10. The van der Waals surface area contributed by atoms with Crippen LogP contribution < -0.4 is 0 Å². The van der Waals surface area contributed by atoms with Crippen LogP contribution in [0.1, 0.15) is 20.7 Å². The fourth-order valence-electron chi connectivity index (χ4n) is 10.3. The molecular weight excluding hydrogens is 1030 g/mol. The van der Waals surface area contributed by atoms with Crippen LogP contribution in [0.4, 0.5) is 0 Å². The summed E-state index contributed by atoms with van der Waals surface area (Å²) in [7, 11) is 0. The molecule has 78 heavy (non-hydrogen) atoms. The molecule has 416 valence electrons. The third-order valence-electron chi connectivity index (χ3n) is 14.7. The van der Waals surface area contributed by atoms with Gasteiger partial charge >= 0.3 is 11.9 Å². The first kappa shape index (κ1) is 54.5. The van der Waals surface area contributed by atoms with Crippen molar-refractivity contribution >= 4 is 55.0 Å². The summed E-state index contributed by atoms with van der Waals surface area (Å²) < 4.78 is 47.2. The Labute approximate surface area is 441 Å². The quantitative estimate of drug-likeness (QED) is 0.0522. The molecule has 5 aliphatic heterocycles. The summed E-state index contributed by atoms with van der Waals surface area (Å²) in [4.78, 5) is 50.2. The molecule has 24 nitrogen and oxygen atoms in total. The van der Waals surface area contributed by atoms with Crippen molar-refractivity contribution in [3.8, 4) is 0 Å². The third-order valence-corrected chi connectivity index (χ3v) is 14.7. The minimum Gasteiger partial charge on any atom is -0.394 e. The number of hydrogen-bond acceptors (Lipinski definition) is 24. The molecule has 0 spiro atoms. The Morgan fingerprint density at radius 1 is 0.397 bits per heavy atom. The summed E-state index contributed by atoms with van der Waals surface area (Å²) in [6.45, 7) is -3.41. The molecule has 0 saturated carbocycles. The average Bonchev–Trinajstić information content (AvgIpc) is 3.45. The minimum absolute atomic E-state index is 0.00684. The summed E-state index contributed by atoms with van der Waals surface area (Å²) in [5.74, 6) is -2.16. The van der Waals surface area contributed by atoms with Crippen LogP contribution in [0.15, 0.2) is 109 Å². The summed E-state index contributed by atoms with van der Waals surface area (Å²) in [6, 6.07) is 32.2. The van der Waals surface area contributed by atoms with Gasteiger partial charge in [-0.15, -0.1) is 0 Å². The molecule has 0 aromatic heterocycles. The van der Waals surface area contributed by atoms with Crippen molar-refractivity contribution in [2.24, 2.45) is 0 Å². The van der Waals surface area contributed by atoms with E-state index in [4.69, 9.17) is 57.4 Å². The van der Waals surface area contributed by atoms with Crippen LogP contribution in [0.5, 0.6) is 0 Å². The van der Waals surface area contributed by atoms with Crippen LogP contribution in [0.25, 0.3) is 43.1 Å². The van der Waals surface area contributed by atoms with Gasteiger partial charge in [0.1, 0.15) is 85.5 Å².